The van der Waals surface area contributed by atoms with E-state index in [1.54, 1.807) is 12.1 Å². The second-order valence-corrected chi connectivity index (χ2v) is 4.18. The summed E-state index contributed by atoms with van der Waals surface area (Å²) in [5.41, 5.74) is 6.66. The summed E-state index contributed by atoms with van der Waals surface area (Å²) < 4.78 is 12.8. The van der Waals surface area contributed by atoms with Crippen LogP contribution < -0.4 is 5.73 Å². The first-order chi connectivity index (χ1) is 6.03. The van der Waals surface area contributed by atoms with Gasteiger partial charge in [0, 0.05) is 0 Å². The first-order valence-electron chi connectivity index (χ1n) is 4.48. The maximum absolute atomic E-state index is 12.8. The predicted molar refractivity (Wildman–Crippen MR) is 52.9 cm³/mol. The van der Waals surface area contributed by atoms with Crippen LogP contribution in [0.1, 0.15) is 19.4 Å². The molecule has 1 aromatic rings. The van der Waals surface area contributed by atoms with Crippen LogP contribution in [-0.2, 0) is 6.42 Å². The molecule has 1 aromatic carbocycles. The van der Waals surface area contributed by atoms with Crippen molar-refractivity contribution >= 4 is 0 Å². The molecule has 0 atom stereocenters. The summed E-state index contributed by atoms with van der Waals surface area (Å²) in [6.07, 6.45) is 0.821. The largest absolute Gasteiger partial charge is 0.330 e. The van der Waals surface area contributed by atoms with E-state index in [0.29, 0.717) is 6.54 Å². The van der Waals surface area contributed by atoms with Gasteiger partial charge in [0.2, 0.25) is 0 Å². The Morgan fingerprint density at radius 3 is 2.62 bits per heavy atom. The summed E-state index contributed by atoms with van der Waals surface area (Å²) in [6, 6.07) is 6.69. The maximum Gasteiger partial charge on any atom is 0.123 e. The van der Waals surface area contributed by atoms with E-state index in [1.807, 2.05) is 6.07 Å². The molecule has 2 N–H and O–H groups in total. The van der Waals surface area contributed by atoms with Gasteiger partial charge in [-0.3, -0.25) is 0 Å². The lowest BCUT2D eigenvalue weighted by molar-refractivity contribution is 0.376. The molecule has 0 aliphatic rings. The zero-order valence-corrected chi connectivity index (χ0v) is 8.18. The van der Waals surface area contributed by atoms with Crippen LogP contribution in [0.25, 0.3) is 0 Å². The minimum atomic E-state index is -0.176. The second kappa shape index (κ2) is 3.88. The average molecular weight is 181 g/mol. The van der Waals surface area contributed by atoms with Crippen LogP contribution in [0.2, 0.25) is 0 Å². The van der Waals surface area contributed by atoms with Crippen LogP contribution in [0.3, 0.4) is 0 Å². The molecule has 0 saturated carbocycles. The van der Waals surface area contributed by atoms with Crippen LogP contribution >= 0.6 is 0 Å². The number of nitrogens with two attached hydrogens (primary N) is 1. The van der Waals surface area contributed by atoms with Gasteiger partial charge in [0.1, 0.15) is 5.82 Å². The molecule has 0 heterocycles. The van der Waals surface area contributed by atoms with Crippen molar-refractivity contribution in [3.63, 3.8) is 0 Å². The molecule has 1 nitrogen and oxygen atoms in total. The smallest absolute Gasteiger partial charge is 0.123 e. The molecule has 0 aliphatic heterocycles. The summed E-state index contributed by atoms with van der Waals surface area (Å²) in [5, 5.41) is 0. The van der Waals surface area contributed by atoms with E-state index in [-0.39, 0.29) is 11.2 Å². The van der Waals surface area contributed by atoms with Gasteiger partial charge in [-0.15, -0.1) is 0 Å². The Hall–Kier alpha value is -0.890. The molecule has 0 bridgehead atoms. The predicted octanol–water partition coefficient (Wildman–Crippen LogP) is 2.35. The lowest BCUT2D eigenvalue weighted by Gasteiger charge is -2.22. The molecule has 2 heteroatoms. The van der Waals surface area contributed by atoms with E-state index < -0.39 is 0 Å². The van der Waals surface area contributed by atoms with E-state index in [9.17, 15) is 4.39 Å². The van der Waals surface area contributed by atoms with Crippen molar-refractivity contribution in [3.05, 3.63) is 35.6 Å². The van der Waals surface area contributed by atoms with Crippen LogP contribution in [0.5, 0.6) is 0 Å². The molecular formula is C11H16FN. The highest BCUT2D eigenvalue weighted by atomic mass is 19.1. The van der Waals surface area contributed by atoms with Crippen molar-refractivity contribution in [1.29, 1.82) is 0 Å². The lowest BCUT2D eigenvalue weighted by atomic mass is 9.86. The van der Waals surface area contributed by atoms with Gasteiger partial charge in [0.05, 0.1) is 0 Å². The van der Waals surface area contributed by atoms with Crippen molar-refractivity contribution in [3.8, 4) is 0 Å². The number of hydrogen-bond acceptors (Lipinski definition) is 1. The van der Waals surface area contributed by atoms with Crippen LogP contribution in [0, 0.1) is 11.2 Å². The molecule has 0 amide bonds. The molecule has 72 valence electrons. The van der Waals surface area contributed by atoms with E-state index in [1.165, 1.54) is 6.07 Å². The minimum absolute atomic E-state index is 0.0494. The van der Waals surface area contributed by atoms with Crippen LogP contribution in [0.15, 0.2) is 24.3 Å². The van der Waals surface area contributed by atoms with E-state index >= 15 is 0 Å². The number of benzene rings is 1. The SMILES string of the molecule is CC(C)(CN)Cc1cccc(F)c1. The fourth-order valence-corrected chi connectivity index (χ4v) is 1.27. The normalized spacial score (nSPS) is 11.7. The summed E-state index contributed by atoms with van der Waals surface area (Å²) >= 11 is 0. The lowest BCUT2D eigenvalue weighted by Crippen LogP contribution is -2.25. The quantitative estimate of drug-likeness (QED) is 0.761. The average Bonchev–Trinajstić information content (AvgIpc) is 2.03. The van der Waals surface area contributed by atoms with Gasteiger partial charge in [-0.05, 0) is 36.1 Å². The minimum Gasteiger partial charge on any atom is -0.330 e. The van der Waals surface area contributed by atoms with Gasteiger partial charge >= 0.3 is 0 Å². The zero-order valence-electron chi connectivity index (χ0n) is 8.18. The molecule has 0 aromatic heterocycles. The van der Waals surface area contributed by atoms with Crippen molar-refractivity contribution in [2.45, 2.75) is 20.3 Å². The Balaban J connectivity index is 2.74. The fourth-order valence-electron chi connectivity index (χ4n) is 1.27. The summed E-state index contributed by atoms with van der Waals surface area (Å²) in [6.45, 7) is 4.78. The third-order valence-corrected chi connectivity index (χ3v) is 2.12. The molecule has 0 aliphatic carbocycles. The summed E-state index contributed by atoms with van der Waals surface area (Å²) in [4.78, 5) is 0. The standard InChI is InChI=1S/C11H16FN/c1-11(2,8-13)7-9-4-3-5-10(12)6-9/h3-6H,7-8,13H2,1-2H3. The van der Waals surface area contributed by atoms with Crippen molar-refractivity contribution in [1.82, 2.24) is 0 Å². The topological polar surface area (TPSA) is 26.0 Å². The maximum atomic E-state index is 12.8. The number of hydrogen-bond donors (Lipinski definition) is 1. The van der Waals surface area contributed by atoms with Crippen molar-refractivity contribution in [2.24, 2.45) is 11.1 Å². The van der Waals surface area contributed by atoms with Gasteiger partial charge in [-0.25, -0.2) is 4.39 Å². The molecule has 0 fully saturated rings. The third-order valence-electron chi connectivity index (χ3n) is 2.12. The van der Waals surface area contributed by atoms with E-state index in [0.717, 1.165) is 12.0 Å². The molecule has 1 rings (SSSR count). The first kappa shape index (κ1) is 10.2. The first-order valence-corrected chi connectivity index (χ1v) is 4.48. The zero-order chi connectivity index (χ0) is 9.90. The highest BCUT2D eigenvalue weighted by Gasteiger charge is 2.15. The van der Waals surface area contributed by atoms with Gasteiger partial charge in [-0.1, -0.05) is 26.0 Å². The van der Waals surface area contributed by atoms with Crippen molar-refractivity contribution < 1.29 is 4.39 Å². The second-order valence-electron chi connectivity index (χ2n) is 4.18. The number of halogens is 1. The van der Waals surface area contributed by atoms with Crippen LogP contribution in [0.4, 0.5) is 4.39 Å². The van der Waals surface area contributed by atoms with Crippen molar-refractivity contribution in [2.75, 3.05) is 6.54 Å². The Kier molecular flexibility index (Phi) is 3.04. The van der Waals surface area contributed by atoms with Gasteiger partial charge in [0.15, 0.2) is 0 Å². The molecule has 13 heavy (non-hydrogen) atoms. The molecule has 0 radical (unpaired) electrons. The third kappa shape index (κ3) is 3.15. The Bertz CT molecular complexity index is 281. The van der Waals surface area contributed by atoms with Gasteiger partial charge < -0.3 is 5.73 Å². The Labute approximate surface area is 78.8 Å². The highest BCUT2D eigenvalue weighted by molar-refractivity contribution is 5.17. The molecule has 0 unspecified atom stereocenters. The summed E-state index contributed by atoms with van der Waals surface area (Å²) in [5.74, 6) is -0.176. The van der Waals surface area contributed by atoms with Crippen LogP contribution in [-0.4, -0.2) is 6.54 Å². The molecule has 0 spiro atoms. The fraction of sp³-hybridized carbons (Fsp3) is 0.455. The summed E-state index contributed by atoms with van der Waals surface area (Å²) in [7, 11) is 0. The monoisotopic (exact) mass is 181 g/mol. The number of rotatable bonds is 3. The molecule has 0 saturated heterocycles. The van der Waals surface area contributed by atoms with E-state index in [2.05, 4.69) is 13.8 Å². The Morgan fingerprint density at radius 2 is 2.08 bits per heavy atom. The van der Waals surface area contributed by atoms with Gasteiger partial charge in [-0.2, -0.15) is 0 Å². The van der Waals surface area contributed by atoms with Gasteiger partial charge in [0.25, 0.3) is 0 Å². The Morgan fingerprint density at radius 1 is 1.38 bits per heavy atom. The molecular weight excluding hydrogens is 165 g/mol. The van der Waals surface area contributed by atoms with E-state index in [4.69, 9.17) is 5.73 Å². The highest BCUT2D eigenvalue weighted by Crippen LogP contribution is 2.20.